The SMILES string of the molecule is O=C(CC(Cc1ccccc1)C(=O)[O-])Nc1ccc(OC(F)(F)F)cc1.[Na+]. The number of benzene rings is 2. The molecular weight excluding hydrogens is 374 g/mol. The first-order valence-corrected chi connectivity index (χ1v) is 7.63. The number of aliphatic carboxylic acids is 1. The molecule has 1 unspecified atom stereocenters. The van der Waals surface area contributed by atoms with Crippen molar-refractivity contribution in [3.63, 3.8) is 0 Å². The van der Waals surface area contributed by atoms with Crippen LogP contribution in [-0.4, -0.2) is 18.2 Å². The molecule has 2 aromatic carbocycles. The number of hydrogen-bond donors (Lipinski definition) is 1. The first kappa shape index (κ1) is 23.0. The standard InChI is InChI=1S/C18H16F3NO4.Na/c19-18(20,21)26-15-8-6-14(7-9-15)22-16(23)11-13(17(24)25)10-12-4-2-1-3-5-12;/h1-9,13H,10-11H2,(H,22,23)(H,24,25);/q;+1/p-1. The van der Waals surface area contributed by atoms with E-state index in [0.29, 0.717) is 0 Å². The summed E-state index contributed by atoms with van der Waals surface area (Å²) in [5.74, 6) is -3.38. The van der Waals surface area contributed by atoms with Crippen LogP contribution in [0.25, 0.3) is 0 Å². The average molecular weight is 389 g/mol. The first-order chi connectivity index (χ1) is 12.2. The fourth-order valence-electron chi connectivity index (χ4n) is 2.31. The van der Waals surface area contributed by atoms with E-state index in [4.69, 9.17) is 0 Å². The number of carbonyl (C=O) groups is 2. The fourth-order valence-corrected chi connectivity index (χ4v) is 2.31. The summed E-state index contributed by atoms with van der Waals surface area (Å²) < 4.78 is 40.0. The van der Waals surface area contributed by atoms with E-state index in [-0.39, 0.29) is 48.1 Å². The van der Waals surface area contributed by atoms with E-state index in [1.54, 1.807) is 30.3 Å². The van der Waals surface area contributed by atoms with Crippen molar-refractivity contribution < 1.29 is 62.2 Å². The summed E-state index contributed by atoms with van der Waals surface area (Å²) in [6, 6.07) is 13.3. The molecule has 0 radical (unpaired) electrons. The zero-order valence-corrected chi connectivity index (χ0v) is 16.5. The smallest absolute Gasteiger partial charge is 0.550 e. The van der Waals surface area contributed by atoms with Gasteiger partial charge in [0.05, 0.1) is 0 Å². The van der Waals surface area contributed by atoms with Gasteiger partial charge in [0.1, 0.15) is 5.75 Å². The van der Waals surface area contributed by atoms with Crippen molar-refractivity contribution in [1.29, 1.82) is 0 Å². The van der Waals surface area contributed by atoms with Crippen molar-refractivity contribution in [2.45, 2.75) is 19.2 Å². The molecule has 138 valence electrons. The molecule has 0 saturated carbocycles. The maximum absolute atomic E-state index is 12.1. The van der Waals surface area contributed by atoms with Crippen LogP contribution in [-0.2, 0) is 16.0 Å². The Morgan fingerprint density at radius 2 is 1.63 bits per heavy atom. The number of carbonyl (C=O) groups excluding carboxylic acids is 2. The van der Waals surface area contributed by atoms with Gasteiger partial charge in [0.15, 0.2) is 0 Å². The minimum absolute atomic E-state index is 0. The van der Waals surface area contributed by atoms with Gasteiger partial charge in [0.25, 0.3) is 0 Å². The molecule has 0 spiro atoms. The van der Waals surface area contributed by atoms with E-state index < -0.39 is 29.9 Å². The Balaban J connectivity index is 0.00000364. The molecule has 1 atom stereocenters. The van der Waals surface area contributed by atoms with E-state index in [1.165, 1.54) is 12.1 Å². The Hall–Kier alpha value is -2.03. The van der Waals surface area contributed by atoms with Crippen molar-refractivity contribution in [3.05, 3.63) is 60.2 Å². The molecule has 1 N–H and O–H groups in total. The van der Waals surface area contributed by atoms with Crippen LogP contribution in [0.2, 0.25) is 0 Å². The summed E-state index contributed by atoms with van der Waals surface area (Å²) in [6.07, 6.45) is -4.99. The molecule has 0 fully saturated rings. The predicted octanol–water partition coefficient (Wildman–Crippen LogP) is -0.473. The molecule has 0 aromatic heterocycles. The second-order valence-corrected chi connectivity index (χ2v) is 5.53. The summed E-state index contributed by atoms with van der Waals surface area (Å²) in [7, 11) is 0. The number of hydrogen-bond acceptors (Lipinski definition) is 4. The Morgan fingerprint density at radius 1 is 1.04 bits per heavy atom. The van der Waals surface area contributed by atoms with Crippen molar-refractivity contribution in [2.24, 2.45) is 5.92 Å². The maximum Gasteiger partial charge on any atom is 1.00 e. The number of nitrogens with one attached hydrogen (secondary N) is 1. The molecule has 0 saturated heterocycles. The summed E-state index contributed by atoms with van der Waals surface area (Å²) in [4.78, 5) is 23.3. The number of ether oxygens (including phenoxy) is 1. The van der Waals surface area contributed by atoms with Gasteiger partial charge in [-0.05, 0) is 36.2 Å². The first-order valence-electron chi connectivity index (χ1n) is 7.63. The van der Waals surface area contributed by atoms with Crippen LogP contribution in [0.1, 0.15) is 12.0 Å². The Labute approximate surface area is 175 Å². The summed E-state index contributed by atoms with van der Waals surface area (Å²) in [5.41, 5.74) is 0.976. The topological polar surface area (TPSA) is 78.5 Å². The van der Waals surface area contributed by atoms with Gasteiger partial charge in [-0.3, -0.25) is 4.79 Å². The number of carboxylic acid groups (broad SMARTS) is 1. The van der Waals surface area contributed by atoms with Gasteiger partial charge in [-0.2, -0.15) is 0 Å². The van der Waals surface area contributed by atoms with Crippen LogP contribution in [0.5, 0.6) is 5.75 Å². The molecule has 0 aliphatic carbocycles. The minimum atomic E-state index is -4.80. The summed E-state index contributed by atoms with van der Waals surface area (Å²) in [5, 5.41) is 13.7. The monoisotopic (exact) mass is 389 g/mol. The number of amides is 1. The maximum atomic E-state index is 12.1. The predicted molar refractivity (Wildman–Crippen MR) is 85.0 cm³/mol. The molecule has 0 heterocycles. The van der Waals surface area contributed by atoms with E-state index in [0.717, 1.165) is 17.7 Å². The van der Waals surface area contributed by atoms with Gasteiger partial charge in [0.2, 0.25) is 5.91 Å². The molecule has 0 aliphatic rings. The largest absolute Gasteiger partial charge is 1.00 e. The van der Waals surface area contributed by atoms with Gasteiger partial charge in [-0.15, -0.1) is 13.2 Å². The third-order valence-electron chi connectivity index (χ3n) is 3.46. The normalized spacial score (nSPS) is 11.8. The number of rotatable bonds is 7. The Morgan fingerprint density at radius 3 is 2.15 bits per heavy atom. The van der Waals surface area contributed by atoms with E-state index in [9.17, 15) is 27.9 Å². The molecule has 0 aliphatic heterocycles. The molecule has 9 heteroatoms. The Bertz CT molecular complexity index is 751. The van der Waals surface area contributed by atoms with Crippen LogP contribution in [0, 0.1) is 5.92 Å². The molecular formula is C18H15F3NNaO4. The molecule has 0 bridgehead atoms. The molecule has 2 aromatic rings. The van der Waals surface area contributed by atoms with Gasteiger partial charge in [-0.1, -0.05) is 30.3 Å². The Kier molecular flexibility index (Phi) is 8.81. The van der Waals surface area contributed by atoms with E-state index in [2.05, 4.69) is 10.1 Å². The minimum Gasteiger partial charge on any atom is -0.550 e. The molecule has 5 nitrogen and oxygen atoms in total. The number of halogens is 3. The van der Waals surface area contributed by atoms with Crippen LogP contribution in [0.3, 0.4) is 0 Å². The third kappa shape index (κ3) is 8.47. The van der Waals surface area contributed by atoms with Crippen molar-refractivity contribution >= 4 is 17.6 Å². The number of carboxylic acids is 1. The summed E-state index contributed by atoms with van der Waals surface area (Å²) in [6.45, 7) is 0. The summed E-state index contributed by atoms with van der Waals surface area (Å²) >= 11 is 0. The van der Waals surface area contributed by atoms with Crippen LogP contribution >= 0.6 is 0 Å². The fraction of sp³-hybridized carbons (Fsp3) is 0.222. The molecule has 2 rings (SSSR count). The molecule has 1 amide bonds. The van der Waals surface area contributed by atoms with Gasteiger partial charge in [0, 0.05) is 24.0 Å². The van der Waals surface area contributed by atoms with Gasteiger partial charge in [-0.25, -0.2) is 0 Å². The number of alkyl halides is 3. The van der Waals surface area contributed by atoms with E-state index >= 15 is 0 Å². The third-order valence-corrected chi connectivity index (χ3v) is 3.46. The van der Waals surface area contributed by atoms with Crippen LogP contribution in [0.4, 0.5) is 18.9 Å². The second kappa shape index (κ2) is 10.3. The van der Waals surface area contributed by atoms with Crippen LogP contribution < -0.4 is 44.7 Å². The van der Waals surface area contributed by atoms with Crippen molar-refractivity contribution in [2.75, 3.05) is 5.32 Å². The molecule has 27 heavy (non-hydrogen) atoms. The number of anilines is 1. The quantitative estimate of drug-likeness (QED) is 0.650. The van der Waals surface area contributed by atoms with Crippen molar-refractivity contribution in [3.8, 4) is 5.75 Å². The second-order valence-electron chi connectivity index (χ2n) is 5.53. The van der Waals surface area contributed by atoms with Gasteiger partial charge < -0.3 is 20.0 Å². The van der Waals surface area contributed by atoms with Crippen LogP contribution in [0.15, 0.2) is 54.6 Å². The van der Waals surface area contributed by atoms with Gasteiger partial charge >= 0.3 is 35.9 Å². The zero-order chi connectivity index (χ0) is 19.2. The van der Waals surface area contributed by atoms with Crippen molar-refractivity contribution in [1.82, 2.24) is 0 Å². The zero-order valence-electron chi connectivity index (χ0n) is 14.5. The average Bonchev–Trinajstić information content (AvgIpc) is 2.55. The van der Waals surface area contributed by atoms with E-state index in [1.807, 2.05) is 0 Å².